The number of carbonyl (C=O) groups excluding carboxylic acids is 1. The van der Waals surface area contributed by atoms with Gasteiger partial charge in [-0.1, -0.05) is 11.3 Å². The molecule has 7 heteroatoms. The van der Waals surface area contributed by atoms with Gasteiger partial charge in [0.25, 0.3) is 5.91 Å². The number of fused-ring (bicyclic) bond motifs is 1. The summed E-state index contributed by atoms with van der Waals surface area (Å²) in [6.07, 6.45) is 0. The number of aryl methyl sites for hydroxylation is 4. The van der Waals surface area contributed by atoms with E-state index in [2.05, 4.69) is 40.6 Å². The molecule has 0 radical (unpaired) electrons. The monoisotopic (exact) mass is 386 g/mol. The third-order valence-electron chi connectivity index (χ3n) is 4.66. The summed E-state index contributed by atoms with van der Waals surface area (Å²) in [6.45, 7) is 12.8. The molecule has 0 fully saturated rings. The maximum Gasteiger partial charge on any atom is 0.300 e. The maximum atomic E-state index is 12.7. The van der Waals surface area contributed by atoms with Gasteiger partial charge in [0.1, 0.15) is 0 Å². The number of hydrogen-bond acceptors (Lipinski definition) is 4. The fourth-order valence-corrected chi connectivity index (χ4v) is 4.14. The molecule has 0 atom stereocenters. The lowest BCUT2D eigenvalue weighted by atomic mass is 10.1. The van der Waals surface area contributed by atoms with E-state index < -0.39 is 0 Å². The van der Waals surface area contributed by atoms with Gasteiger partial charge in [-0.15, -0.1) is 0 Å². The first kappa shape index (κ1) is 19.5. The zero-order valence-corrected chi connectivity index (χ0v) is 17.4. The molecular weight excluding hydrogens is 360 g/mol. The number of aromatic nitrogens is 3. The Labute approximate surface area is 163 Å². The highest BCUT2D eigenvalue weighted by Crippen LogP contribution is 2.22. The number of nitrogens with zero attached hydrogens (tertiary/aromatic N) is 4. The quantitative estimate of drug-likeness (QED) is 0.608. The standard InChI is InChI=1S/C20H26N4O2S/c1-6-24-15(5)12-16(22-24)19(25)21-20-23(8-9-26-7-2)17-10-13(3)14(4)11-18(17)27-20/h10-12H,6-9H2,1-5H3. The van der Waals surface area contributed by atoms with E-state index >= 15 is 0 Å². The van der Waals surface area contributed by atoms with Crippen LogP contribution >= 0.6 is 11.3 Å². The molecule has 0 aliphatic heterocycles. The SMILES string of the molecule is CCOCCn1c(=NC(=O)c2cc(C)n(CC)n2)sc2cc(C)c(C)cc21. The van der Waals surface area contributed by atoms with Crippen LogP contribution in [0.5, 0.6) is 0 Å². The molecule has 0 N–H and O–H groups in total. The van der Waals surface area contributed by atoms with Crippen LogP contribution in [0.2, 0.25) is 0 Å². The summed E-state index contributed by atoms with van der Waals surface area (Å²) in [5, 5.41) is 4.36. The molecule has 0 aliphatic carbocycles. The number of hydrogen-bond donors (Lipinski definition) is 0. The molecule has 0 bridgehead atoms. The van der Waals surface area contributed by atoms with Crippen molar-refractivity contribution in [2.75, 3.05) is 13.2 Å². The van der Waals surface area contributed by atoms with Crippen molar-refractivity contribution in [1.82, 2.24) is 14.3 Å². The van der Waals surface area contributed by atoms with E-state index in [0.717, 1.165) is 22.5 Å². The molecule has 1 aromatic carbocycles. The van der Waals surface area contributed by atoms with Gasteiger partial charge in [-0.25, -0.2) is 0 Å². The Morgan fingerprint density at radius 2 is 1.93 bits per heavy atom. The number of benzene rings is 1. The zero-order chi connectivity index (χ0) is 19.6. The van der Waals surface area contributed by atoms with E-state index in [1.807, 2.05) is 25.5 Å². The van der Waals surface area contributed by atoms with Gasteiger partial charge in [-0.05, 0) is 63.9 Å². The summed E-state index contributed by atoms with van der Waals surface area (Å²) in [6, 6.07) is 6.11. The minimum atomic E-state index is -0.310. The molecule has 1 amide bonds. The highest BCUT2D eigenvalue weighted by atomic mass is 32.1. The first-order chi connectivity index (χ1) is 12.9. The van der Waals surface area contributed by atoms with Crippen molar-refractivity contribution >= 4 is 27.5 Å². The number of ether oxygens (including phenoxy) is 1. The van der Waals surface area contributed by atoms with Crippen molar-refractivity contribution in [2.24, 2.45) is 4.99 Å². The lowest BCUT2D eigenvalue weighted by molar-refractivity contribution is 0.0991. The lowest BCUT2D eigenvalue weighted by Crippen LogP contribution is -2.20. The Bertz CT molecular complexity index is 1040. The van der Waals surface area contributed by atoms with Crippen molar-refractivity contribution in [3.8, 4) is 0 Å². The van der Waals surface area contributed by atoms with Gasteiger partial charge in [0.15, 0.2) is 10.5 Å². The van der Waals surface area contributed by atoms with Gasteiger partial charge >= 0.3 is 0 Å². The van der Waals surface area contributed by atoms with Gasteiger partial charge in [0.2, 0.25) is 0 Å². The van der Waals surface area contributed by atoms with E-state index in [1.165, 1.54) is 22.5 Å². The van der Waals surface area contributed by atoms with Crippen LogP contribution in [0.4, 0.5) is 0 Å². The molecule has 0 saturated carbocycles. The molecule has 2 heterocycles. The van der Waals surface area contributed by atoms with Gasteiger partial charge in [-0.3, -0.25) is 9.48 Å². The van der Waals surface area contributed by atoms with Crippen LogP contribution in [0.1, 0.15) is 41.2 Å². The van der Waals surface area contributed by atoms with E-state index in [0.29, 0.717) is 30.3 Å². The number of thiazole rings is 1. The minimum absolute atomic E-state index is 0.310. The fraction of sp³-hybridized carbons (Fsp3) is 0.450. The number of amides is 1. The van der Waals surface area contributed by atoms with Crippen LogP contribution in [0.15, 0.2) is 23.2 Å². The van der Waals surface area contributed by atoms with Gasteiger partial charge in [0.05, 0.1) is 16.8 Å². The predicted octanol–water partition coefficient (Wildman–Crippen LogP) is 3.62. The van der Waals surface area contributed by atoms with Crippen LogP contribution in [0.25, 0.3) is 10.2 Å². The normalized spacial score (nSPS) is 12.3. The van der Waals surface area contributed by atoms with Crippen molar-refractivity contribution in [3.05, 3.63) is 45.5 Å². The number of rotatable bonds is 6. The summed E-state index contributed by atoms with van der Waals surface area (Å²) in [7, 11) is 0. The molecule has 6 nitrogen and oxygen atoms in total. The second kappa shape index (κ2) is 8.19. The molecule has 3 aromatic rings. The molecule has 27 heavy (non-hydrogen) atoms. The third-order valence-corrected chi connectivity index (χ3v) is 5.70. The maximum absolute atomic E-state index is 12.7. The summed E-state index contributed by atoms with van der Waals surface area (Å²) < 4.78 is 10.5. The predicted molar refractivity (Wildman–Crippen MR) is 108 cm³/mol. The molecule has 0 aliphatic rings. The highest BCUT2D eigenvalue weighted by Gasteiger charge is 2.13. The molecular formula is C20H26N4O2S. The van der Waals surface area contributed by atoms with Crippen molar-refractivity contribution in [1.29, 1.82) is 0 Å². The lowest BCUT2D eigenvalue weighted by Gasteiger charge is -2.07. The van der Waals surface area contributed by atoms with Crippen LogP contribution in [-0.2, 0) is 17.8 Å². The van der Waals surface area contributed by atoms with Crippen LogP contribution in [0, 0.1) is 20.8 Å². The molecule has 0 saturated heterocycles. The highest BCUT2D eigenvalue weighted by molar-refractivity contribution is 7.16. The average Bonchev–Trinajstić information content (AvgIpc) is 3.16. The van der Waals surface area contributed by atoms with Crippen LogP contribution < -0.4 is 4.80 Å². The summed E-state index contributed by atoms with van der Waals surface area (Å²) >= 11 is 1.53. The largest absolute Gasteiger partial charge is 0.380 e. The summed E-state index contributed by atoms with van der Waals surface area (Å²) in [5.41, 5.74) is 4.89. The minimum Gasteiger partial charge on any atom is -0.380 e. The van der Waals surface area contributed by atoms with Gasteiger partial charge in [-0.2, -0.15) is 10.1 Å². The Balaban J connectivity index is 2.08. The van der Waals surface area contributed by atoms with Crippen molar-refractivity contribution in [2.45, 2.75) is 47.7 Å². The fourth-order valence-electron chi connectivity index (χ4n) is 3.00. The average molecular weight is 387 g/mol. The first-order valence-electron chi connectivity index (χ1n) is 9.26. The van der Waals surface area contributed by atoms with Crippen LogP contribution in [-0.4, -0.2) is 33.5 Å². The second-order valence-electron chi connectivity index (χ2n) is 6.54. The molecule has 3 rings (SSSR count). The topological polar surface area (TPSA) is 61.4 Å². The van der Waals surface area contributed by atoms with Gasteiger partial charge < -0.3 is 9.30 Å². The first-order valence-corrected chi connectivity index (χ1v) is 10.1. The van der Waals surface area contributed by atoms with E-state index in [9.17, 15) is 4.79 Å². The Morgan fingerprint density at radius 3 is 2.59 bits per heavy atom. The molecule has 0 spiro atoms. The zero-order valence-electron chi connectivity index (χ0n) is 16.6. The Kier molecular flexibility index (Phi) is 5.92. The van der Waals surface area contributed by atoms with Crippen LogP contribution in [0.3, 0.4) is 0 Å². The van der Waals surface area contributed by atoms with Crippen molar-refractivity contribution in [3.63, 3.8) is 0 Å². The molecule has 2 aromatic heterocycles. The van der Waals surface area contributed by atoms with E-state index in [1.54, 1.807) is 6.07 Å². The third kappa shape index (κ3) is 4.04. The summed E-state index contributed by atoms with van der Waals surface area (Å²) in [4.78, 5) is 17.8. The Morgan fingerprint density at radius 1 is 1.19 bits per heavy atom. The smallest absolute Gasteiger partial charge is 0.300 e. The molecule has 0 unspecified atom stereocenters. The Hall–Kier alpha value is -2.25. The van der Waals surface area contributed by atoms with Gasteiger partial charge in [0, 0.05) is 25.4 Å². The summed E-state index contributed by atoms with van der Waals surface area (Å²) in [5.74, 6) is -0.310. The van der Waals surface area contributed by atoms with E-state index in [4.69, 9.17) is 4.74 Å². The van der Waals surface area contributed by atoms with Crippen molar-refractivity contribution < 1.29 is 9.53 Å². The van der Waals surface area contributed by atoms with E-state index in [-0.39, 0.29) is 5.91 Å². The second-order valence-corrected chi connectivity index (χ2v) is 7.55. The number of carbonyl (C=O) groups is 1. The molecule has 144 valence electrons.